The van der Waals surface area contributed by atoms with Gasteiger partial charge in [0.25, 0.3) is 0 Å². The molecule has 3 nitrogen and oxygen atoms in total. The van der Waals surface area contributed by atoms with E-state index in [0.717, 1.165) is 11.4 Å². The highest BCUT2D eigenvalue weighted by Crippen LogP contribution is 2.14. The van der Waals surface area contributed by atoms with Crippen molar-refractivity contribution in [1.29, 1.82) is 0 Å². The van der Waals surface area contributed by atoms with Crippen molar-refractivity contribution in [3.63, 3.8) is 0 Å². The van der Waals surface area contributed by atoms with Crippen LogP contribution in [0.5, 0.6) is 0 Å². The first-order chi connectivity index (χ1) is 8.97. The van der Waals surface area contributed by atoms with Crippen LogP contribution in [0.3, 0.4) is 0 Å². The molecule has 0 atom stereocenters. The lowest BCUT2D eigenvalue weighted by Crippen LogP contribution is -2.44. The summed E-state index contributed by atoms with van der Waals surface area (Å²) in [4.78, 5) is 8.89. The van der Waals surface area contributed by atoms with Crippen LogP contribution in [-0.2, 0) is 4.79 Å². The molecule has 0 aliphatic carbocycles. The van der Waals surface area contributed by atoms with Gasteiger partial charge in [-0.05, 0) is 32.8 Å². The van der Waals surface area contributed by atoms with Crippen molar-refractivity contribution in [3.05, 3.63) is 12.8 Å². The second-order valence-corrected chi connectivity index (χ2v) is 5.12. The molecule has 0 rings (SSSR count). The first-order valence-electron chi connectivity index (χ1n) is 7.64. The quantitative estimate of drug-likeness (QED) is 0.573. The highest BCUT2D eigenvalue weighted by Gasteiger charge is 2.21. The molecule has 0 saturated heterocycles. The minimum Gasteiger partial charge on any atom is -0.550 e. The lowest BCUT2D eigenvalue weighted by atomic mass is 10.2. The third kappa shape index (κ3) is 13.4. The maximum Gasteiger partial charge on any atom is 0.0885 e. The number of carbonyl (C=O) groups is 1. The molecular weight excluding hydrogens is 238 g/mol. The molecular formula is C16H33NO2. The zero-order chi connectivity index (χ0) is 15.1. The van der Waals surface area contributed by atoms with Gasteiger partial charge < -0.3 is 9.90 Å². The van der Waals surface area contributed by atoms with E-state index in [2.05, 4.69) is 33.6 Å². The van der Waals surface area contributed by atoms with Crippen molar-refractivity contribution in [2.75, 3.05) is 19.6 Å². The van der Waals surface area contributed by atoms with Gasteiger partial charge >= 0.3 is 0 Å². The van der Waals surface area contributed by atoms with Gasteiger partial charge in [-0.1, -0.05) is 40.0 Å². The van der Waals surface area contributed by atoms with Gasteiger partial charge in [0.1, 0.15) is 0 Å². The van der Waals surface area contributed by atoms with Crippen LogP contribution in [0.2, 0.25) is 0 Å². The summed E-state index contributed by atoms with van der Waals surface area (Å²) >= 11 is 0. The molecule has 0 aromatic rings. The molecule has 0 N–H and O–H groups in total. The Hall–Kier alpha value is -0.830. The highest BCUT2D eigenvalue weighted by atomic mass is 16.4. The Labute approximate surface area is 119 Å². The lowest BCUT2D eigenvalue weighted by molar-refractivity contribution is -0.880. The zero-order valence-corrected chi connectivity index (χ0v) is 13.4. The molecule has 19 heavy (non-hydrogen) atoms. The maximum atomic E-state index is 8.89. The second-order valence-electron chi connectivity index (χ2n) is 5.12. The topological polar surface area (TPSA) is 40.1 Å². The predicted molar refractivity (Wildman–Crippen MR) is 80.5 cm³/mol. The smallest absolute Gasteiger partial charge is 0.0885 e. The van der Waals surface area contributed by atoms with Crippen LogP contribution in [0.1, 0.15) is 66.2 Å². The van der Waals surface area contributed by atoms with Crippen LogP contribution >= 0.6 is 0 Å². The van der Waals surface area contributed by atoms with Gasteiger partial charge in [-0.15, -0.1) is 0 Å². The van der Waals surface area contributed by atoms with Crippen molar-refractivity contribution in [2.45, 2.75) is 66.2 Å². The van der Waals surface area contributed by atoms with Crippen molar-refractivity contribution in [1.82, 2.24) is 0 Å². The van der Waals surface area contributed by atoms with E-state index >= 15 is 0 Å². The molecule has 114 valence electrons. The monoisotopic (exact) mass is 271 g/mol. The first kappa shape index (κ1) is 20.5. The van der Waals surface area contributed by atoms with E-state index in [4.69, 9.17) is 9.90 Å². The molecule has 0 unspecified atom stereocenters. The Morgan fingerprint density at radius 1 is 1.00 bits per heavy atom. The number of carboxylic acid groups (broad SMARTS) is 1. The molecule has 0 bridgehead atoms. The van der Waals surface area contributed by atoms with Gasteiger partial charge in [0.2, 0.25) is 0 Å². The number of hydrogen-bond donors (Lipinski definition) is 0. The SMILES string of the molecule is C=C[N+](CCCC)(CCCC)CCCC.CC(=O)[O-]. The lowest BCUT2D eigenvalue weighted by Gasteiger charge is -2.35. The predicted octanol–water partition coefficient (Wildman–Crippen LogP) is 3.10. The number of aliphatic carboxylic acids is 1. The van der Waals surface area contributed by atoms with E-state index in [1.807, 2.05) is 0 Å². The summed E-state index contributed by atoms with van der Waals surface area (Å²) in [5.41, 5.74) is 0. The summed E-state index contributed by atoms with van der Waals surface area (Å²) in [5.74, 6) is -1.08. The number of carboxylic acids is 1. The Bertz CT molecular complexity index is 201. The summed E-state index contributed by atoms with van der Waals surface area (Å²) in [6, 6.07) is 0. The molecule has 0 amide bonds. The average Bonchev–Trinajstić information content (AvgIpc) is 2.38. The molecule has 0 saturated carbocycles. The van der Waals surface area contributed by atoms with Crippen molar-refractivity contribution >= 4 is 5.97 Å². The van der Waals surface area contributed by atoms with E-state index in [0.29, 0.717) is 0 Å². The fourth-order valence-electron chi connectivity index (χ4n) is 2.03. The standard InChI is InChI=1S/C14H30N.C2H4O2/c1-5-9-12-15(8-4,13-10-6-2)14-11-7-3;1-2(3)4/h8H,4-7,9-14H2,1-3H3;1H3,(H,3,4)/q+1;/p-1. The average molecular weight is 271 g/mol. The molecule has 3 heteroatoms. The third-order valence-corrected chi connectivity index (χ3v) is 3.26. The van der Waals surface area contributed by atoms with Gasteiger partial charge in [-0.3, -0.25) is 4.48 Å². The molecule has 0 aromatic carbocycles. The summed E-state index contributed by atoms with van der Waals surface area (Å²) in [5, 5.41) is 8.89. The molecule has 0 radical (unpaired) electrons. The van der Waals surface area contributed by atoms with Crippen molar-refractivity contribution in [3.8, 4) is 0 Å². The second kappa shape index (κ2) is 13.6. The number of quaternary nitrogens is 1. The van der Waals surface area contributed by atoms with Crippen LogP contribution in [0.25, 0.3) is 0 Å². The number of unbranched alkanes of at least 4 members (excludes halogenated alkanes) is 3. The van der Waals surface area contributed by atoms with Gasteiger partial charge in [-0.25, -0.2) is 0 Å². The Morgan fingerprint density at radius 2 is 1.26 bits per heavy atom. The number of nitrogens with zero attached hydrogens (tertiary/aromatic N) is 1. The largest absolute Gasteiger partial charge is 0.550 e. The van der Waals surface area contributed by atoms with Crippen LogP contribution < -0.4 is 5.11 Å². The van der Waals surface area contributed by atoms with Gasteiger partial charge in [0.15, 0.2) is 0 Å². The number of rotatable bonds is 10. The van der Waals surface area contributed by atoms with Crippen LogP contribution in [0.15, 0.2) is 12.8 Å². The van der Waals surface area contributed by atoms with Gasteiger partial charge in [-0.2, -0.15) is 0 Å². The Morgan fingerprint density at radius 3 is 1.42 bits per heavy atom. The van der Waals surface area contributed by atoms with Crippen LogP contribution in [0, 0.1) is 0 Å². The zero-order valence-electron chi connectivity index (χ0n) is 13.4. The van der Waals surface area contributed by atoms with Gasteiger partial charge in [0.05, 0.1) is 25.8 Å². The third-order valence-electron chi connectivity index (χ3n) is 3.26. The summed E-state index contributed by atoms with van der Waals surface area (Å²) in [7, 11) is 0. The number of hydrogen-bond acceptors (Lipinski definition) is 2. The normalized spacial score (nSPS) is 10.5. The fourth-order valence-corrected chi connectivity index (χ4v) is 2.03. The minimum absolute atomic E-state index is 0.972. The van der Waals surface area contributed by atoms with Crippen LogP contribution in [-0.4, -0.2) is 30.1 Å². The van der Waals surface area contributed by atoms with Crippen LogP contribution in [0.4, 0.5) is 0 Å². The van der Waals surface area contributed by atoms with Crippen molar-refractivity contribution in [2.24, 2.45) is 0 Å². The molecule has 0 fully saturated rings. The molecule has 0 aromatic heterocycles. The summed E-state index contributed by atoms with van der Waals surface area (Å²) in [6.07, 6.45) is 10.1. The number of carbonyl (C=O) groups excluding carboxylic acids is 1. The Kier molecular flexibility index (Phi) is 14.7. The van der Waals surface area contributed by atoms with E-state index in [9.17, 15) is 0 Å². The fraction of sp³-hybridized carbons (Fsp3) is 0.812. The van der Waals surface area contributed by atoms with Crippen molar-refractivity contribution < 1.29 is 14.4 Å². The molecule has 0 aliphatic heterocycles. The first-order valence-corrected chi connectivity index (χ1v) is 7.64. The Balaban J connectivity index is 0. The van der Waals surface area contributed by atoms with Gasteiger partial charge in [0, 0.05) is 5.97 Å². The van der Waals surface area contributed by atoms with E-state index in [1.165, 1.54) is 58.2 Å². The summed E-state index contributed by atoms with van der Waals surface area (Å²) < 4.78 is 1.15. The molecule has 0 spiro atoms. The summed E-state index contributed by atoms with van der Waals surface area (Å²) in [6.45, 7) is 15.7. The van der Waals surface area contributed by atoms with E-state index < -0.39 is 5.97 Å². The molecule has 0 heterocycles. The van der Waals surface area contributed by atoms with E-state index in [1.54, 1.807) is 0 Å². The molecule has 0 aliphatic rings. The maximum absolute atomic E-state index is 8.89. The van der Waals surface area contributed by atoms with E-state index in [-0.39, 0.29) is 0 Å². The minimum atomic E-state index is -1.08. The highest BCUT2D eigenvalue weighted by molar-refractivity contribution is 5.60.